The maximum Gasteiger partial charge on any atom is 0.119 e. The molecule has 3 nitrogen and oxygen atoms in total. The summed E-state index contributed by atoms with van der Waals surface area (Å²) < 4.78 is 7.21. The summed E-state index contributed by atoms with van der Waals surface area (Å²) in [6.45, 7) is 0. The highest BCUT2D eigenvalue weighted by Crippen LogP contribution is 2.31. The number of rotatable bonds is 4. The van der Waals surface area contributed by atoms with Gasteiger partial charge in [-0.2, -0.15) is 0 Å². The number of halogens is 2. The zero-order valence-electron chi connectivity index (χ0n) is 12.4. The number of aromatic nitrogens is 1. The summed E-state index contributed by atoms with van der Waals surface area (Å²) >= 11 is 12.2. The highest BCUT2D eigenvalue weighted by molar-refractivity contribution is 6.43. The van der Waals surface area contributed by atoms with Crippen LogP contribution in [-0.2, 0) is 0 Å². The van der Waals surface area contributed by atoms with E-state index < -0.39 is 0 Å². The van der Waals surface area contributed by atoms with Crippen molar-refractivity contribution >= 4 is 35.1 Å². The summed E-state index contributed by atoms with van der Waals surface area (Å²) in [5.41, 5.74) is 2.60. The quantitative estimate of drug-likeness (QED) is 0.570. The monoisotopic (exact) mass is 344 g/mol. The van der Waals surface area contributed by atoms with Gasteiger partial charge in [0.1, 0.15) is 5.75 Å². The van der Waals surface area contributed by atoms with E-state index in [0.29, 0.717) is 15.7 Å². The Morgan fingerprint density at radius 1 is 1.00 bits per heavy atom. The van der Waals surface area contributed by atoms with E-state index in [1.807, 2.05) is 59.3 Å². The SMILES string of the molecule is COc1ccc(-n2cccc2C=Nc2cccc(Cl)c2Cl)cc1. The molecule has 0 spiro atoms. The fraction of sp³-hybridized carbons (Fsp3) is 0.0556. The van der Waals surface area contributed by atoms with Gasteiger partial charge in [0.05, 0.1) is 34.8 Å². The van der Waals surface area contributed by atoms with Crippen molar-refractivity contribution < 1.29 is 4.74 Å². The van der Waals surface area contributed by atoms with Gasteiger partial charge in [0.25, 0.3) is 0 Å². The lowest BCUT2D eigenvalue weighted by Crippen LogP contribution is -1.97. The van der Waals surface area contributed by atoms with Gasteiger partial charge in [0.2, 0.25) is 0 Å². The molecule has 0 aliphatic carbocycles. The average Bonchev–Trinajstić information content (AvgIpc) is 3.05. The van der Waals surface area contributed by atoms with Crippen LogP contribution >= 0.6 is 23.2 Å². The molecule has 1 heterocycles. The summed E-state index contributed by atoms with van der Waals surface area (Å²) in [5.74, 6) is 0.821. The minimum absolute atomic E-state index is 0.452. The van der Waals surface area contributed by atoms with E-state index in [2.05, 4.69) is 4.99 Å². The molecule has 116 valence electrons. The molecule has 0 atom stereocenters. The van der Waals surface area contributed by atoms with Crippen LogP contribution in [0.25, 0.3) is 5.69 Å². The van der Waals surface area contributed by atoms with Gasteiger partial charge in [-0.25, -0.2) is 0 Å². The third kappa shape index (κ3) is 3.41. The topological polar surface area (TPSA) is 26.5 Å². The minimum Gasteiger partial charge on any atom is -0.497 e. The molecule has 0 saturated heterocycles. The zero-order chi connectivity index (χ0) is 16.2. The van der Waals surface area contributed by atoms with Gasteiger partial charge in [0.15, 0.2) is 0 Å². The standard InChI is InChI=1S/C18H14Cl2N2O/c1-23-15-9-7-13(8-10-15)22-11-3-4-14(22)12-21-17-6-2-5-16(19)18(17)20/h2-12H,1H3. The molecule has 0 aliphatic heterocycles. The number of benzene rings is 2. The molecular weight excluding hydrogens is 331 g/mol. The fourth-order valence-electron chi connectivity index (χ4n) is 2.21. The molecule has 2 aromatic carbocycles. The third-order valence-electron chi connectivity index (χ3n) is 3.40. The predicted octanol–water partition coefficient (Wildman–Crippen LogP) is 5.54. The highest BCUT2D eigenvalue weighted by atomic mass is 35.5. The Hall–Kier alpha value is -2.23. The van der Waals surface area contributed by atoms with Crippen LogP contribution in [0.5, 0.6) is 5.75 Å². The number of ether oxygens (including phenoxy) is 1. The number of nitrogens with zero attached hydrogens (tertiary/aromatic N) is 2. The number of methoxy groups -OCH3 is 1. The van der Waals surface area contributed by atoms with Crippen LogP contribution in [0.4, 0.5) is 5.69 Å². The molecule has 1 aromatic heterocycles. The van der Waals surface area contributed by atoms with E-state index in [1.54, 1.807) is 19.4 Å². The van der Waals surface area contributed by atoms with Crippen LogP contribution < -0.4 is 4.74 Å². The van der Waals surface area contributed by atoms with Crippen LogP contribution in [0.1, 0.15) is 5.69 Å². The van der Waals surface area contributed by atoms with Gasteiger partial charge >= 0.3 is 0 Å². The van der Waals surface area contributed by atoms with Crippen molar-refractivity contribution in [2.75, 3.05) is 7.11 Å². The summed E-state index contributed by atoms with van der Waals surface area (Å²) in [5, 5.41) is 0.944. The van der Waals surface area contributed by atoms with Crippen molar-refractivity contribution in [3.8, 4) is 11.4 Å². The van der Waals surface area contributed by atoms with Crippen molar-refractivity contribution in [3.05, 3.63) is 76.5 Å². The van der Waals surface area contributed by atoms with Gasteiger partial charge in [-0.3, -0.25) is 4.99 Å². The average molecular weight is 345 g/mol. The Labute approximate surface area is 144 Å². The van der Waals surface area contributed by atoms with Crippen molar-refractivity contribution in [1.29, 1.82) is 0 Å². The maximum absolute atomic E-state index is 6.16. The Balaban J connectivity index is 1.91. The smallest absolute Gasteiger partial charge is 0.119 e. The second-order valence-corrected chi connectivity index (χ2v) is 5.62. The molecule has 0 unspecified atom stereocenters. The number of hydrogen-bond acceptors (Lipinski definition) is 2. The molecule has 0 radical (unpaired) electrons. The first-order valence-electron chi connectivity index (χ1n) is 6.99. The fourth-order valence-corrected chi connectivity index (χ4v) is 2.55. The molecule has 0 saturated carbocycles. The van der Waals surface area contributed by atoms with Crippen LogP contribution in [-0.4, -0.2) is 17.9 Å². The van der Waals surface area contributed by atoms with Gasteiger partial charge < -0.3 is 9.30 Å². The van der Waals surface area contributed by atoms with Crippen LogP contribution in [0, 0.1) is 0 Å². The number of aliphatic imine (C=N–C) groups is 1. The molecule has 5 heteroatoms. The largest absolute Gasteiger partial charge is 0.497 e. The second kappa shape index (κ2) is 6.90. The third-order valence-corrected chi connectivity index (χ3v) is 4.21. The Morgan fingerprint density at radius 2 is 1.78 bits per heavy atom. The van der Waals surface area contributed by atoms with Gasteiger partial charge in [0, 0.05) is 11.9 Å². The summed E-state index contributed by atoms with van der Waals surface area (Å²) in [4.78, 5) is 4.44. The highest BCUT2D eigenvalue weighted by Gasteiger charge is 2.04. The van der Waals surface area contributed by atoms with Crippen molar-refractivity contribution in [2.45, 2.75) is 0 Å². The maximum atomic E-state index is 6.16. The predicted molar refractivity (Wildman–Crippen MR) is 96.0 cm³/mol. The first-order valence-corrected chi connectivity index (χ1v) is 7.74. The zero-order valence-corrected chi connectivity index (χ0v) is 13.9. The normalized spacial score (nSPS) is 11.1. The lowest BCUT2D eigenvalue weighted by atomic mass is 10.3. The molecule has 3 rings (SSSR count). The van der Waals surface area contributed by atoms with Crippen molar-refractivity contribution in [2.24, 2.45) is 4.99 Å². The molecule has 0 N–H and O–H groups in total. The van der Waals surface area contributed by atoms with E-state index in [1.165, 1.54) is 0 Å². The summed E-state index contributed by atoms with van der Waals surface area (Å²) in [6.07, 6.45) is 3.74. The molecule has 0 aliphatic rings. The van der Waals surface area contributed by atoms with Gasteiger partial charge in [-0.05, 0) is 48.5 Å². The molecule has 23 heavy (non-hydrogen) atoms. The molecule has 3 aromatic rings. The first-order chi connectivity index (χ1) is 11.2. The van der Waals surface area contributed by atoms with E-state index >= 15 is 0 Å². The lowest BCUT2D eigenvalue weighted by molar-refractivity contribution is 0.415. The van der Waals surface area contributed by atoms with Crippen LogP contribution in [0.2, 0.25) is 10.0 Å². The van der Waals surface area contributed by atoms with E-state index in [9.17, 15) is 0 Å². The van der Waals surface area contributed by atoms with Gasteiger partial charge in [-0.15, -0.1) is 0 Å². The summed E-state index contributed by atoms with van der Waals surface area (Å²) in [7, 11) is 1.65. The van der Waals surface area contributed by atoms with E-state index in [0.717, 1.165) is 17.1 Å². The van der Waals surface area contributed by atoms with Gasteiger partial charge in [-0.1, -0.05) is 29.3 Å². The lowest BCUT2D eigenvalue weighted by Gasteiger charge is -2.07. The van der Waals surface area contributed by atoms with Crippen molar-refractivity contribution in [3.63, 3.8) is 0 Å². The van der Waals surface area contributed by atoms with Crippen LogP contribution in [0.15, 0.2) is 65.8 Å². The Morgan fingerprint density at radius 3 is 2.52 bits per heavy atom. The van der Waals surface area contributed by atoms with E-state index in [4.69, 9.17) is 27.9 Å². The molecule has 0 bridgehead atoms. The first kappa shape index (κ1) is 15.7. The molecule has 0 amide bonds. The van der Waals surface area contributed by atoms with Crippen molar-refractivity contribution in [1.82, 2.24) is 4.57 Å². The molecule has 0 fully saturated rings. The Bertz CT molecular complexity index is 838. The Kier molecular flexibility index (Phi) is 4.70. The van der Waals surface area contributed by atoms with Crippen LogP contribution in [0.3, 0.4) is 0 Å². The van der Waals surface area contributed by atoms with E-state index in [-0.39, 0.29) is 0 Å². The second-order valence-electron chi connectivity index (χ2n) is 4.83. The number of hydrogen-bond donors (Lipinski definition) is 0. The molecular formula is C18H14Cl2N2O. The minimum atomic E-state index is 0.452. The summed E-state index contributed by atoms with van der Waals surface area (Å²) in [6, 6.07) is 17.1.